The normalized spacial score (nSPS) is 12.4. The van der Waals surface area contributed by atoms with Crippen LogP contribution >= 0.6 is 0 Å². The lowest BCUT2D eigenvalue weighted by Gasteiger charge is -2.14. The van der Waals surface area contributed by atoms with Crippen LogP contribution in [0.3, 0.4) is 0 Å². The zero-order valence-corrected chi connectivity index (χ0v) is 9.30. The molecule has 1 aromatic carbocycles. The molecule has 88 valence electrons. The largest absolute Gasteiger partial charge is 0.480 e. The molecular weight excluding hydrogens is 221 g/mol. The molecule has 1 N–H and O–H groups in total. The Kier molecular flexibility index (Phi) is 2.95. The van der Waals surface area contributed by atoms with Crippen LogP contribution in [0.4, 0.5) is 4.39 Å². The Balaban J connectivity index is 2.55. The first-order valence-corrected chi connectivity index (χ1v) is 5.19. The summed E-state index contributed by atoms with van der Waals surface area (Å²) >= 11 is 0. The van der Waals surface area contributed by atoms with Crippen LogP contribution in [0.25, 0.3) is 0 Å². The number of halogens is 1. The number of benzene rings is 1. The summed E-state index contributed by atoms with van der Waals surface area (Å²) in [6.07, 6.45) is 1.74. The third-order valence-corrected chi connectivity index (χ3v) is 2.74. The van der Waals surface area contributed by atoms with E-state index in [-0.39, 0.29) is 5.56 Å². The Bertz CT molecular complexity index is 548. The number of nitrogens with zero attached hydrogens (tertiary/aromatic N) is 1. The van der Waals surface area contributed by atoms with E-state index >= 15 is 0 Å². The van der Waals surface area contributed by atoms with E-state index < -0.39 is 17.7 Å². The SMILES string of the molecule is Cn1cccc1C(C(=O)O)c1ccccc1F. The van der Waals surface area contributed by atoms with Crippen molar-refractivity contribution in [3.05, 3.63) is 59.7 Å². The van der Waals surface area contributed by atoms with Gasteiger partial charge < -0.3 is 9.67 Å². The van der Waals surface area contributed by atoms with Crippen molar-refractivity contribution >= 4 is 5.97 Å². The van der Waals surface area contributed by atoms with E-state index in [4.69, 9.17) is 0 Å². The number of aryl methyl sites for hydroxylation is 1. The molecule has 1 aromatic heterocycles. The maximum Gasteiger partial charge on any atom is 0.317 e. The molecule has 0 aliphatic heterocycles. The second-order valence-electron chi connectivity index (χ2n) is 3.84. The average Bonchev–Trinajstić information content (AvgIpc) is 2.68. The summed E-state index contributed by atoms with van der Waals surface area (Å²) in [7, 11) is 1.74. The van der Waals surface area contributed by atoms with Gasteiger partial charge in [0.2, 0.25) is 0 Å². The quantitative estimate of drug-likeness (QED) is 0.884. The van der Waals surface area contributed by atoms with Gasteiger partial charge in [0.1, 0.15) is 11.7 Å². The molecule has 0 radical (unpaired) electrons. The van der Waals surface area contributed by atoms with Crippen LogP contribution < -0.4 is 0 Å². The third kappa shape index (κ3) is 2.06. The highest BCUT2D eigenvalue weighted by atomic mass is 19.1. The second-order valence-corrected chi connectivity index (χ2v) is 3.84. The molecule has 0 fully saturated rings. The van der Waals surface area contributed by atoms with Gasteiger partial charge in [0, 0.05) is 24.5 Å². The molecule has 0 spiro atoms. The highest BCUT2D eigenvalue weighted by molar-refractivity contribution is 5.80. The zero-order chi connectivity index (χ0) is 12.4. The highest BCUT2D eigenvalue weighted by Gasteiger charge is 2.26. The molecule has 0 saturated carbocycles. The van der Waals surface area contributed by atoms with Crippen LogP contribution in [-0.4, -0.2) is 15.6 Å². The molecule has 0 saturated heterocycles. The fourth-order valence-electron chi connectivity index (χ4n) is 1.90. The molecule has 0 amide bonds. The Labute approximate surface area is 98.1 Å². The van der Waals surface area contributed by atoms with E-state index in [9.17, 15) is 14.3 Å². The number of carboxylic acid groups (broad SMARTS) is 1. The minimum absolute atomic E-state index is 0.182. The first-order valence-electron chi connectivity index (χ1n) is 5.19. The number of hydrogen-bond donors (Lipinski definition) is 1. The lowest BCUT2D eigenvalue weighted by molar-refractivity contribution is -0.137. The van der Waals surface area contributed by atoms with Crippen molar-refractivity contribution < 1.29 is 14.3 Å². The van der Waals surface area contributed by atoms with Crippen LogP contribution in [0.2, 0.25) is 0 Å². The fraction of sp³-hybridized carbons (Fsp3) is 0.154. The van der Waals surface area contributed by atoms with E-state index in [2.05, 4.69) is 0 Å². The molecule has 17 heavy (non-hydrogen) atoms. The molecule has 1 heterocycles. The van der Waals surface area contributed by atoms with Gasteiger partial charge in [-0.25, -0.2) is 4.39 Å². The van der Waals surface area contributed by atoms with Gasteiger partial charge in [0.25, 0.3) is 0 Å². The summed E-state index contributed by atoms with van der Waals surface area (Å²) < 4.78 is 15.3. The van der Waals surface area contributed by atoms with Crippen LogP contribution in [-0.2, 0) is 11.8 Å². The van der Waals surface area contributed by atoms with Gasteiger partial charge in [0.15, 0.2) is 0 Å². The van der Waals surface area contributed by atoms with Gasteiger partial charge in [0.05, 0.1) is 0 Å². The molecule has 1 atom stereocenters. The zero-order valence-electron chi connectivity index (χ0n) is 9.30. The number of aliphatic carboxylic acids is 1. The number of hydrogen-bond acceptors (Lipinski definition) is 1. The summed E-state index contributed by atoms with van der Waals surface area (Å²) in [6, 6.07) is 9.38. The minimum Gasteiger partial charge on any atom is -0.480 e. The summed E-state index contributed by atoms with van der Waals surface area (Å²) in [5.74, 6) is -2.53. The molecule has 2 rings (SSSR count). The lowest BCUT2D eigenvalue weighted by Crippen LogP contribution is -2.17. The van der Waals surface area contributed by atoms with Crippen molar-refractivity contribution in [1.82, 2.24) is 4.57 Å². The second kappa shape index (κ2) is 4.41. The van der Waals surface area contributed by atoms with Crippen molar-refractivity contribution in [1.29, 1.82) is 0 Å². The van der Waals surface area contributed by atoms with E-state index in [1.165, 1.54) is 12.1 Å². The summed E-state index contributed by atoms with van der Waals surface area (Å²) in [5.41, 5.74) is 0.740. The van der Waals surface area contributed by atoms with Gasteiger partial charge in [-0.2, -0.15) is 0 Å². The Morgan fingerprint density at radius 3 is 2.53 bits per heavy atom. The topological polar surface area (TPSA) is 42.2 Å². The molecule has 2 aromatic rings. The van der Waals surface area contributed by atoms with Crippen molar-refractivity contribution in [3.63, 3.8) is 0 Å². The lowest BCUT2D eigenvalue weighted by atomic mass is 9.95. The first kappa shape index (κ1) is 11.4. The van der Waals surface area contributed by atoms with Crippen LogP contribution in [0, 0.1) is 5.82 Å². The van der Waals surface area contributed by atoms with E-state index in [0.717, 1.165) is 0 Å². The number of carbonyl (C=O) groups is 1. The molecule has 1 unspecified atom stereocenters. The number of rotatable bonds is 3. The minimum atomic E-state index is -1.06. The Morgan fingerprint density at radius 1 is 1.29 bits per heavy atom. The predicted molar refractivity (Wildman–Crippen MR) is 61.3 cm³/mol. The molecule has 0 bridgehead atoms. The Hall–Kier alpha value is -2.10. The van der Waals surface area contributed by atoms with Crippen molar-refractivity contribution in [2.45, 2.75) is 5.92 Å². The molecule has 0 aliphatic rings. The molecule has 4 heteroatoms. The maximum absolute atomic E-state index is 13.7. The Morgan fingerprint density at radius 2 is 2.00 bits per heavy atom. The van der Waals surface area contributed by atoms with Crippen molar-refractivity contribution in [3.8, 4) is 0 Å². The van der Waals surface area contributed by atoms with Crippen LogP contribution in [0.1, 0.15) is 17.2 Å². The van der Waals surface area contributed by atoms with Gasteiger partial charge in [-0.05, 0) is 18.2 Å². The average molecular weight is 233 g/mol. The number of carboxylic acids is 1. The third-order valence-electron chi connectivity index (χ3n) is 2.74. The van der Waals surface area contributed by atoms with Crippen molar-refractivity contribution in [2.75, 3.05) is 0 Å². The van der Waals surface area contributed by atoms with Gasteiger partial charge in [-0.1, -0.05) is 18.2 Å². The summed E-state index contributed by atoms with van der Waals surface area (Å²) in [5, 5.41) is 9.27. The fourth-order valence-corrected chi connectivity index (χ4v) is 1.90. The van der Waals surface area contributed by atoms with Crippen LogP contribution in [0.5, 0.6) is 0 Å². The van der Waals surface area contributed by atoms with E-state index in [0.29, 0.717) is 5.69 Å². The smallest absolute Gasteiger partial charge is 0.317 e. The van der Waals surface area contributed by atoms with Crippen LogP contribution in [0.15, 0.2) is 42.6 Å². The molecule has 0 aliphatic carbocycles. The van der Waals surface area contributed by atoms with Gasteiger partial charge in [-0.3, -0.25) is 4.79 Å². The molecular formula is C13H12FNO2. The summed E-state index contributed by atoms with van der Waals surface area (Å²) in [6.45, 7) is 0. The maximum atomic E-state index is 13.7. The number of aromatic nitrogens is 1. The van der Waals surface area contributed by atoms with Gasteiger partial charge >= 0.3 is 5.97 Å². The first-order chi connectivity index (χ1) is 8.11. The van der Waals surface area contributed by atoms with Crippen molar-refractivity contribution in [2.24, 2.45) is 7.05 Å². The predicted octanol–water partition coefficient (Wildman–Crippen LogP) is 2.38. The van der Waals surface area contributed by atoms with E-state index in [1.54, 1.807) is 42.1 Å². The highest BCUT2D eigenvalue weighted by Crippen LogP contribution is 2.26. The standard InChI is InChI=1S/C13H12FNO2/c1-15-8-4-7-11(15)12(13(16)17)9-5-2-3-6-10(9)14/h2-8,12H,1H3,(H,16,17). The monoisotopic (exact) mass is 233 g/mol. The summed E-state index contributed by atoms with van der Waals surface area (Å²) in [4.78, 5) is 11.3. The molecule has 3 nitrogen and oxygen atoms in total. The van der Waals surface area contributed by atoms with E-state index in [1.807, 2.05) is 0 Å². The van der Waals surface area contributed by atoms with Gasteiger partial charge in [-0.15, -0.1) is 0 Å².